The van der Waals surface area contributed by atoms with E-state index in [0.717, 1.165) is 23.2 Å². The SMILES string of the molecule is Cc1ccc(C)c(NC(=O)c2ccc(N3C(=O)[C@@H]4[C@H]5C=C[C@H]([C@H]6C[C@H]56)[C@@H]4C3=O)cc2)c1. The number of rotatable bonds is 3. The minimum atomic E-state index is -0.213. The van der Waals surface area contributed by atoms with Gasteiger partial charge < -0.3 is 5.32 Å². The van der Waals surface area contributed by atoms with E-state index in [-0.39, 0.29) is 41.4 Å². The third-order valence-electron chi connectivity index (χ3n) is 7.69. The fraction of sp³-hybridized carbons (Fsp3) is 0.346. The molecular weight excluding hydrogens is 388 g/mol. The average molecular weight is 412 g/mol. The van der Waals surface area contributed by atoms with Gasteiger partial charge in [-0.05, 0) is 85.4 Å². The molecule has 6 atom stereocenters. The van der Waals surface area contributed by atoms with Crippen molar-refractivity contribution in [2.45, 2.75) is 20.3 Å². The zero-order valence-electron chi connectivity index (χ0n) is 17.5. The van der Waals surface area contributed by atoms with Gasteiger partial charge in [-0.15, -0.1) is 0 Å². The number of nitrogens with zero attached hydrogens (tertiary/aromatic N) is 1. The summed E-state index contributed by atoms with van der Waals surface area (Å²) in [5.41, 5.74) is 3.90. The first-order valence-corrected chi connectivity index (χ1v) is 11.0. The summed E-state index contributed by atoms with van der Waals surface area (Å²) in [6, 6.07) is 12.7. The van der Waals surface area contributed by atoms with E-state index in [1.807, 2.05) is 32.0 Å². The Morgan fingerprint density at radius 1 is 0.903 bits per heavy atom. The van der Waals surface area contributed by atoms with Gasteiger partial charge in [0.25, 0.3) is 5.91 Å². The van der Waals surface area contributed by atoms with Crippen LogP contribution in [0.5, 0.6) is 0 Å². The standard InChI is InChI=1S/C26H24N2O3/c1-13-3-4-14(2)21(11-13)27-24(29)15-5-7-16(8-6-15)28-25(30)22-17-9-10-18(20-12-19(17)20)23(22)26(28)31/h3-11,17-20,22-23H,12H2,1-2H3,(H,27,29)/t17-,18+,19-,20-,22+,23-/m1/s1. The van der Waals surface area contributed by atoms with E-state index in [4.69, 9.17) is 0 Å². The summed E-state index contributed by atoms with van der Waals surface area (Å²) in [4.78, 5) is 40.5. The molecule has 5 aliphatic rings. The second-order valence-electron chi connectivity index (χ2n) is 9.49. The van der Waals surface area contributed by atoms with Gasteiger partial charge in [0.1, 0.15) is 0 Å². The van der Waals surface area contributed by atoms with Crippen molar-refractivity contribution in [3.05, 3.63) is 71.3 Å². The summed E-state index contributed by atoms with van der Waals surface area (Å²) in [6.45, 7) is 3.94. The molecule has 1 N–H and O–H groups in total. The largest absolute Gasteiger partial charge is 0.322 e. The number of carbonyl (C=O) groups excluding carboxylic acids is 3. The summed E-state index contributed by atoms with van der Waals surface area (Å²) in [5.74, 6) is 0.813. The molecule has 3 amide bonds. The molecule has 1 saturated heterocycles. The van der Waals surface area contributed by atoms with Crippen LogP contribution in [0.2, 0.25) is 0 Å². The first-order valence-electron chi connectivity index (χ1n) is 11.0. The lowest BCUT2D eigenvalue weighted by Gasteiger charge is -2.37. The first kappa shape index (κ1) is 18.6. The highest BCUT2D eigenvalue weighted by atomic mass is 16.2. The van der Waals surface area contributed by atoms with Gasteiger partial charge in [0.05, 0.1) is 17.5 Å². The summed E-state index contributed by atoms with van der Waals surface area (Å²) >= 11 is 0. The molecule has 1 heterocycles. The molecule has 5 nitrogen and oxygen atoms in total. The summed E-state index contributed by atoms with van der Waals surface area (Å²) in [7, 11) is 0. The normalized spacial score (nSPS) is 32.1. The summed E-state index contributed by atoms with van der Waals surface area (Å²) in [6.07, 6.45) is 5.50. The molecule has 0 unspecified atom stereocenters. The second kappa shape index (κ2) is 6.39. The van der Waals surface area contributed by atoms with Gasteiger partial charge in [-0.2, -0.15) is 0 Å². The Hall–Kier alpha value is -3.21. The average Bonchev–Trinajstić information content (AvgIpc) is 3.54. The predicted octanol–water partition coefficient (Wildman–Crippen LogP) is 4.11. The van der Waals surface area contributed by atoms with E-state index >= 15 is 0 Å². The lowest BCUT2D eigenvalue weighted by Crippen LogP contribution is -2.40. The Morgan fingerprint density at radius 3 is 2.13 bits per heavy atom. The molecule has 0 aromatic heterocycles. The highest BCUT2D eigenvalue weighted by molar-refractivity contribution is 6.22. The topological polar surface area (TPSA) is 66.5 Å². The number of nitrogens with one attached hydrogen (secondary N) is 1. The van der Waals surface area contributed by atoms with Gasteiger partial charge in [0.15, 0.2) is 0 Å². The lowest BCUT2D eigenvalue weighted by molar-refractivity contribution is -0.124. The number of aryl methyl sites for hydroxylation is 2. The minimum absolute atomic E-state index is 0.0766. The molecule has 2 aromatic carbocycles. The zero-order valence-corrected chi connectivity index (χ0v) is 17.5. The van der Waals surface area contributed by atoms with E-state index in [1.165, 1.54) is 4.90 Å². The molecule has 1 aliphatic heterocycles. The van der Waals surface area contributed by atoms with Crippen LogP contribution in [0.4, 0.5) is 11.4 Å². The molecule has 0 radical (unpaired) electrons. The van der Waals surface area contributed by atoms with Crippen LogP contribution in [0, 0.1) is 49.4 Å². The molecule has 2 bridgehead atoms. The van der Waals surface area contributed by atoms with Crippen molar-refractivity contribution in [3.8, 4) is 0 Å². The van der Waals surface area contributed by atoms with Crippen LogP contribution in [0.15, 0.2) is 54.6 Å². The van der Waals surface area contributed by atoms with Crippen molar-refractivity contribution < 1.29 is 14.4 Å². The Labute approximate surface area is 181 Å². The van der Waals surface area contributed by atoms with Crippen LogP contribution in [-0.2, 0) is 9.59 Å². The third-order valence-corrected chi connectivity index (χ3v) is 7.69. The molecule has 7 rings (SSSR count). The second-order valence-corrected chi connectivity index (χ2v) is 9.49. The fourth-order valence-electron chi connectivity index (χ4n) is 6.04. The highest BCUT2D eigenvalue weighted by Crippen LogP contribution is 2.65. The van der Waals surface area contributed by atoms with Gasteiger partial charge in [-0.25, -0.2) is 0 Å². The number of amides is 3. The molecule has 156 valence electrons. The van der Waals surface area contributed by atoms with Crippen molar-refractivity contribution in [1.82, 2.24) is 0 Å². The van der Waals surface area contributed by atoms with Crippen LogP contribution >= 0.6 is 0 Å². The van der Waals surface area contributed by atoms with Crippen molar-refractivity contribution in [2.24, 2.45) is 35.5 Å². The Balaban J connectivity index is 1.23. The number of benzene rings is 2. The van der Waals surface area contributed by atoms with Crippen LogP contribution < -0.4 is 10.2 Å². The summed E-state index contributed by atoms with van der Waals surface area (Å²) in [5, 5.41) is 2.95. The monoisotopic (exact) mass is 412 g/mol. The molecule has 5 heteroatoms. The highest BCUT2D eigenvalue weighted by Gasteiger charge is 2.67. The van der Waals surface area contributed by atoms with E-state index in [2.05, 4.69) is 17.5 Å². The van der Waals surface area contributed by atoms with Gasteiger partial charge in [-0.1, -0.05) is 24.3 Å². The van der Waals surface area contributed by atoms with Gasteiger partial charge in [-0.3, -0.25) is 19.3 Å². The van der Waals surface area contributed by atoms with Gasteiger partial charge in [0.2, 0.25) is 11.8 Å². The minimum Gasteiger partial charge on any atom is -0.322 e. The zero-order chi connectivity index (χ0) is 21.4. The van der Waals surface area contributed by atoms with Crippen molar-refractivity contribution >= 4 is 29.1 Å². The van der Waals surface area contributed by atoms with Crippen LogP contribution in [0.3, 0.4) is 0 Å². The summed E-state index contributed by atoms with van der Waals surface area (Å²) < 4.78 is 0. The number of allylic oxidation sites excluding steroid dienone is 2. The Bertz CT molecular complexity index is 1130. The smallest absolute Gasteiger partial charge is 0.255 e. The number of carbonyl (C=O) groups is 3. The van der Waals surface area contributed by atoms with Gasteiger partial charge >= 0.3 is 0 Å². The molecule has 0 spiro atoms. The Kier molecular flexibility index (Phi) is 3.83. The van der Waals surface area contributed by atoms with E-state index < -0.39 is 0 Å². The van der Waals surface area contributed by atoms with Crippen molar-refractivity contribution in [3.63, 3.8) is 0 Å². The van der Waals surface area contributed by atoms with E-state index in [9.17, 15) is 14.4 Å². The number of hydrogen-bond acceptors (Lipinski definition) is 3. The maximum Gasteiger partial charge on any atom is 0.255 e. The van der Waals surface area contributed by atoms with E-state index in [0.29, 0.717) is 23.1 Å². The number of imide groups is 1. The number of hydrogen-bond donors (Lipinski definition) is 1. The molecule has 4 aliphatic carbocycles. The fourth-order valence-corrected chi connectivity index (χ4v) is 6.04. The molecule has 3 fully saturated rings. The van der Waals surface area contributed by atoms with Crippen molar-refractivity contribution in [2.75, 3.05) is 10.2 Å². The van der Waals surface area contributed by atoms with E-state index in [1.54, 1.807) is 24.3 Å². The van der Waals surface area contributed by atoms with Crippen LogP contribution in [-0.4, -0.2) is 17.7 Å². The molecule has 2 saturated carbocycles. The maximum absolute atomic E-state index is 13.2. The van der Waals surface area contributed by atoms with Gasteiger partial charge in [0, 0.05) is 11.3 Å². The molecule has 31 heavy (non-hydrogen) atoms. The molecular formula is C26H24N2O3. The first-order chi connectivity index (χ1) is 14.9. The third kappa shape index (κ3) is 2.65. The molecule has 2 aromatic rings. The maximum atomic E-state index is 13.2. The van der Waals surface area contributed by atoms with Crippen LogP contribution in [0.25, 0.3) is 0 Å². The van der Waals surface area contributed by atoms with Crippen molar-refractivity contribution in [1.29, 1.82) is 0 Å². The predicted molar refractivity (Wildman–Crippen MR) is 118 cm³/mol. The lowest BCUT2D eigenvalue weighted by atomic mass is 9.63. The number of anilines is 2. The van der Waals surface area contributed by atoms with Crippen LogP contribution in [0.1, 0.15) is 27.9 Å². The quantitative estimate of drug-likeness (QED) is 0.609. The Morgan fingerprint density at radius 2 is 1.52 bits per heavy atom.